The Balaban J connectivity index is -0.00000264. The van der Waals surface area contributed by atoms with E-state index >= 15 is 0 Å². The molecule has 0 saturated heterocycles. The Labute approximate surface area is 201 Å². The maximum Gasteiger partial charge on any atom is 1.00 e. The van der Waals surface area contributed by atoms with Crippen molar-refractivity contribution in [2.75, 3.05) is 0 Å². The molecule has 0 radical (unpaired) electrons. The molecule has 0 bridgehead atoms. The van der Waals surface area contributed by atoms with E-state index < -0.39 is 39.6 Å². The second-order valence-electron chi connectivity index (χ2n) is 6.23. The molecular weight excluding hydrogens is 382 g/mol. The molecule has 0 fully saturated rings. The minimum atomic E-state index is -5.30. The maximum atomic E-state index is 11.3. The van der Waals surface area contributed by atoms with Gasteiger partial charge in [0.15, 0.2) is 4.75 Å². The molecule has 142 valence electrons. The fraction of sp³-hybridized carbons (Fsp3) is 0.875. The number of rotatable bonds is 15. The van der Waals surface area contributed by atoms with Crippen molar-refractivity contribution in [1.29, 1.82) is 0 Å². The third-order valence-corrected chi connectivity index (χ3v) is 5.71. The summed E-state index contributed by atoms with van der Waals surface area (Å²) in [6.45, 7) is 2.15. The molecule has 7 nitrogen and oxygen atoms in total. The van der Waals surface area contributed by atoms with Gasteiger partial charge >= 0.3 is 65.1 Å². The van der Waals surface area contributed by atoms with Crippen molar-refractivity contribution in [3.63, 3.8) is 0 Å². The van der Waals surface area contributed by atoms with Crippen LogP contribution in [0.15, 0.2) is 0 Å². The van der Waals surface area contributed by atoms with Crippen LogP contribution in [0.1, 0.15) is 84.0 Å². The van der Waals surface area contributed by atoms with Crippen LogP contribution in [0.5, 0.6) is 0 Å². The summed E-state index contributed by atoms with van der Waals surface area (Å²) in [5.74, 6) is -3.78. The van der Waals surface area contributed by atoms with Crippen LogP contribution in [0.3, 0.4) is 0 Å². The summed E-state index contributed by atoms with van der Waals surface area (Å²) >= 11 is 0. The van der Waals surface area contributed by atoms with Gasteiger partial charge in [0, 0.05) is 12.4 Å². The first-order valence-electron chi connectivity index (χ1n) is 8.56. The summed E-state index contributed by atoms with van der Waals surface area (Å²) in [4.78, 5) is 21.9. The first-order chi connectivity index (χ1) is 11.2. The molecule has 0 heterocycles. The molecular formula is C16H28Na2O7S. The first-order valence-corrected chi connectivity index (χ1v) is 9.97. The SMILES string of the molecule is CCCCCCCCCCCCC(CC(=O)[O-])(C(=O)O)S(=O)(=O)[O-].[Na+].[Na+]. The average molecular weight is 410 g/mol. The minimum Gasteiger partial charge on any atom is -0.747 e. The smallest absolute Gasteiger partial charge is 0.747 e. The zero-order valence-corrected chi connectivity index (χ0v) is 21.1. The van der Waals surface area contributed by atoms with E-state index in [0.29, 0.717) is 6.42 Å². The van der Waals surface area contributed by atoms with Crippen molar-refractivity contribution in [1.82, 2.24) is 0 Å². The molecule has 0 spiro atoms. The first kappa shape index (κ1) is 31.5. The van der Waals surface area contributed by atoms with E-state index in [4.69, 9.17) is 5.11 Å². The molecule has 0 aromatic rings. The summed E-state index contributed by atoms with van der Waals surface area (Å²) in [5.41, 5.74) is 0. The van der Waals surface area contributed by atoms with E-state index in [-0.39, 0.29) is 65.5 Å². The quantitative estimate of drug-likeness (QED) is 0.164. The molecule has 0 aliphatic carbocycles. The number of aliphatic carboxylic acids is 2. The van der Waals surface area contributed by atoms with Gasteiger partial charge in [0.2, 0.25) is 0 Å². The Hall–Kier alpha value is 0.850. The zero-order chi connectivity index (χ0) is 18.6. The number of hydrogen-bond donors (Lipinski definition) is 1. The molecule has 0 saturated carbocycles. The Kier molecular flexibility index (Phi) is 20.3. The van der Waals surface area contributed by atoms with Gasteiger partial charge in [-0.05, 0) is 6.42 Å². The summed E-state index contributed by atoms with van der Waals surface area (Å²) in [5, 5.41) is 19.8. The molecule has 0 aromatic carbocycles. The van der Waals surface area contributed by atoms with Gasteiger partial charge in [-0.15, -0.1) is 0 Å². The number of carboxylic acid groups (broad SMARTS) is 2. The van der Waals surface area contributed by atoms with Crippen molar-refractivity contribution < 1.29 is 91.9 Å². The zero-order valence-electron chi connectivity index (χ0n) is 16.3. The van der Waals surface area contributed by atoms with Crippen LogP contribution < -0.4 is 64.2 Å². The van der Waals surface area contributed by atoms with Crippen molar-refractivity contribution in [3.8, 4) is 0 Å². The topological polar surface area (TPSA) is 135 Å². The van der Waals surface area contributed by atoms with Gasteiger partial charge in [-0.2, -0.15) is 0 Å². The molecule has 0 aliphatic rings. The second-order valence-corrected chi connectivity index (χ2v) is 7.92. The molecule has 0 amide bonds. The van der Waals surface area contributed by atoms with Crippen LogP contribution in [0.4, 0.5) is 0 Å². The summed E-state index contributed by atoms with van der Waals surface area (Å²) in [6, 6.07) is 0. The molecule has 0 rings (SSSR count). The standard InChI is InChI=1S/C16H30O7S.2Na/c1-2-3-4-5-6-7-8-9-10-11-12-16(15(19)20,13-14(17)18)24(21,22)23;;/h2-13H2,1H3,(H,17,18)(H,19,20)(H,21,22,23);;/q;2*+1/p-2. The Morgan fingerprint density at radius 1 is 0.885 bits per heavy atom. The van der Waals surface area contributed by atoms with Gasteiger partial charge < -0.3 is 19.6 Å². The molecule has 0 aromatic heterocycles. The summed E-state index contributed by atoms with van der Waals surface area (Å²) < 4.78 is 31.1. The summed E-state index contributed by atoms with van der Waals surface area (Å²) in [7, 11) is -5.30. The van der Waals surface area contributed by atoms with E-state index in [1.165, 1.54) is 25.7 Å². The van der Waals surface area contributed by atoms with Crippen molar-refractivity contribution >= 4 is 22.1 Å². The van der Waals surface area contributed by atoms with E-state index in [1.54, 1.807) is 0 Å². The van der Waals surface area contributed by atoms with Gasteiger partial charge in [0.05, 0.1) is 0 Å². The van der Waals surface area contributed by atoms with E-state index in [1.807, 2.05) is 0 Å². The molecule has 1 unspecified atom stereocenters. The Bertz CT molecular complexity index is 497. The number of hydrogen-bond acceptors (Lipinski definition) is 6. The average Bonchev–Trinajstić information content (AvgIpc) is 2.46. The predicted molar refractivity (Wildman–Crippen MR) is 86.1 cm³/mol. The van der Waals surface area contributed by atoms with Crippen LogP contribution in [0, 0.1) is 0 Å². The van der Waals surface area contributed by atoms with Gasteiger partial charge in [-0.1, -0.05) is 71.1 Å². The molecule has 10 heteroatoms. The number of unbranched alkanes of at least 4 members (excludes halogenated alkanes) is 9. The molecule has 0 aliphatic heterocycles. The third kappa shape index (κ3) is 12.3. The number of carboxylic acids is 2. The largest absolute Gasteiger partial charge is 1.00 e. The van der Waals surface area contributed by atoms with Crippen LogP contribution in [-0.4, -0.2) is 34.8 Å². The molecule has 1 N–H and O–H groups in total. The Morgan fingerprint density at radius 3 is 1.58 bits per heavy atom. The third-order valence-electron chi connectivity index (χ3n) is 4.23. The van der Waals surface area contributed by atoms with Crippen molar-refractivity contribution in [2.24, 2.45) is 0 Å². The van der Waals surface area contributed by atoms with Gasteiger partial charge in [0.1, 0.15) is 10.1 Å². The van der Waals surface area contributed by atoms with Crippen molar-refractivity contribution in [3.05, 3.63) is 0 Å². The van der Waals surface area contributed by atoms with Crippen LogP contribution >= 0.6 is 0 Å². The van der Waals surface area contributed by atoms with Crippen molar-refractivity contribution in [2.45, 2.75) is 88.7 Å². The van der Waals surface area contributed by atoms with E-state index in [2.05, 4.69) is 6.92 Å². The minimum absolute atomic E-state index is 0. The normalized spacial score (nSPS) is 13.2. The second kappa shape index (κ2) is 16.8. The van der Waals surface area contributed by atoms with Crippen LogP contribution in [0.2, 0.25) is 0 Å². The van der Waals surface area contributed by atoms with Crippen LogP contribution in [-0.2, 0) is 19.7 Å². The van der Waals surface area contributed by atoms with E-state index in [9.17, 15) is 27.7 Å². The monoisotopic (exact) mass is 410 g/mol. The molecule has 1 atom stereocenters. The van der Waals surface area contributed by atoms with Gasteiger partial charge in [-0.3, -0.25) is 4.79 Å². The van der Waals surface area contributed by atoms with Gasteiger partial charge in [-0.25, -0.2) is 8.42 Å². The fourth-order valence-electron chi connectivity index (χ4n) is 2.72. The van der Waals surface area contributed by atoms with E-state index in [0.717, 1.165) is 25.7 Å². The fourth-order valence-corrected chi connectivity index (χ4v) is 3.63. The Morgan fingerprint density at radius 2 is 1.27 bits per heavy atom. The van der Waals surface area contributed by atoms with Gasteiger partial charge in [0.25, 0.3) is 0 Å². The molecule has 26 heavy (non-hydrogen) atoms. The number of carbonyl (C=O) groups excluding carboxylic acids is 1. The maximum absolute atomic E-state index is 11.3. The predicted octanol–water partition coefficient (Wildman–Crippen LogP) is -4.19. The summed E-state index contributed by atoms with van der Waals surface area (Å²) in [6.07, 6.45) is 7.72. The number of carbonyl (C=O) groups is 2. The van der Waals surface area contributed by atoms with Crippen LogP contribution in [0.25, 0.3) is 0 Å².